The van der Waals surface area contributed by atoms with Gasteiger partial charge in [-0.3, -0.25) is 0 Å². The number of nitrogens with two attached hydrogens (primary N) is 1. The fraction of sp³-hybridized carbons (Fsp3) is 0.533. The van der Waals surface area contributed by atoms with Gasteiger partial charge in [0.1, 0.15) is 5.84 Å². The predicted molar refractivity (Wildman–Crippen MR) is 73.7 cm³/mol. The van der Waals surface area contributed by atoms with E-state index in [1.54, 1.807) is 0 Å². The van der Waals surface area contributed by atoms with Gasteiger partial charge in [0.25, 0.3) is 0 Å². The van der Waals surface area contributed by atoms with E-state index in [0.717, 1.165) is 17.9 Å². The van der Waals surface area contributed by atoms with Gasteiger partial charge in [-0.15, -0.1) is 0 Å². The summed E-state index contributed by atoms with van der Waals surface area (Å²) in [5.41, 5.74) is 8.44. The molecule has 0 bridgehead atoms. The first kappa shape index (κ1) is 12.2. The molecule has 0 atom stereocenters. The van der Waals surface area contributed by atoms with Crippen LogP contribution in [0.3, 0.4) is 0 Å². The van der Waals surface area contributed by atoms with Crippen molar-refractivity contribution >= 4 is 11.5 Å². The molecule has 2 heteroatoms. The largest absolute Gasteiger partial charge is 0.387 e. The van der Waals surface area contributed by atoms with Crippen LogP contribution in [0.2, 0.25) is 0 Å². The molecule has 0 spiro atoms. The first-order chi connectivity index (χ1) is 8.29. The average molecular weight is 230 g/mol. The molecule has 0 aromatic heterocycles. The van der Waals surface area contributed by atoms with Crippen LogP contribution in [0.15, 0.2) is 29.3 Å². The number of rotatable bonds is 3. The summed E-state index contributed by atoms with van der Waals surface area (Å²) in [6.45, 7) is 2.16. The first-order valence-electron chi connectivity index (χ1n) is 6.72. The van der Waals surface area contributed by atoms with Crippen molar-refractivity contribution in [1.82, 2.24) is 0 Å². The van der Waals surface area contributed by atoms with E-state index >= 15 is 0 Å². The van der Waals surface area contributed by atoms with E-state index in [1.165, 1.54) is 37.7 Å². The third kappa shape index (κ3) is 3.32. The molecule has 1 aromatic carbocycles. The third-order valence-corrected chi connectivity index (χ3v) is 3.63. The van der Waals surface area contributed by atoms with E-state index in [9.17, 15) is 0 Å². The number of benzene rings is 1. The van der Waals surface area contributed by atoms with Crippen molar-refractivity contribution in [3.63, 3.8) is 0 Å². The Balaban J connectivity index is 2.05. The van der Waals surface area contributed by atoms with Crippen LogP contribution in [0, 0.1) is 5.92 Å². The fourth-order valence-electron chi connectivity index (χ4n) is 2.44. The molecule has 2 rings (SSSR count). The number of nitrogens with zero attached hydrogens (tertiary/aromatic N) is 1. The van der Waals surface area contributed by atoms with Gasteiger partial charge in [-0.2, -0.15) is 0 Å². The van der Waals surface area contributed by atoms with Crippen LogP contribution in [0.25, 0.3) is 0 Å². The summed E-state index contributed by atoms with van der Waals surface area (Å²) >= 11 is 0. The zero-order valence-corrected chi connectivity index (χ0v) is 10.7. The van der Waals surface area contributed by atoms with Gasteiger partial charge in [-0.1, -0.05) is 38.3 Å². The minimum Gasteiger partial charge on any atom is -0.387 e. The van der Waals surface area contributed by atoms with Crippen LogP contribution in [-0.2, 0) is 6.42 Å². The highest BCUT2D eigenvalue weighted by molar-refractivity contribution is 5.85. The zero-order chi connectivity index (χ0) is 12.1. The molecule has 0 aliphatic heterocycles. The molecule has 1 aliphatic carbocycles. The summed E-state index contributed by atoms with van der Waals surface area (Å²) in [6.07, 6.45) is 7.45. The minimum absolute atomic E-state index is 0.509. The van der Waals surface area contributed by atoms with Crippen LogP contribution in [0.4, 0.5) is 5.69 Å². The minimum atomic E-state index is 0.509. The second kappa shape index (κ2) is 5.85. The molecule has 0 saturated heterocycles. The third-order valence-electron chi connectivity index (χ3n) is 3.63. The maximum atomic E-state index is 6.10. The van der Waals surface area contributed by atoms with Gasteiger partial charge in [-0.05, 0) is 37.0 Å². The quantitative estimate of drug-likeness (QED) is 0.622. The lowest BCUT2D eigenvalue weighted by Crippen LogP contribution is -2.25. The Hall–Kier alpha value is -1.31. The number of amidine groups is 1. The molecule has 0 radical (unpaired) electrons. The maximum Gasteiger partial charge on any atom is 0.103 e. The lowest BCUT2D eigenvalue weighted by atomic mass is 9.88. The van der Waals surface area contributed by atoms with Crippen molar-refractivity contribution in [2.24, 2.45) is 16.6 Å². The summed E-state index contributed by atoms with van der Waals surface area (Å²) in [4.78, 5) is 4.55. The topological polar surface area (TPSA) is 38.4 Å². The van der Waals surface area contributed by atoms with Crippen LogP contribution >= 0.6 is 0 Å². The van der Waals surface area contributed by atoms with Gasteiger partial charge in [0.05, 0.1) is 5.69 Å². The molecule has 0 amide bonds. The van der Waals surface area contributed by atoms with Gasteiger partial charge in [0.2, 0.25) is 0 Å². The molecular weight excluding hydrogens is 208 g/mol. The second-order valence-corrected chi connectivity index (χ2v) is 4.89. The second-order valence-electron chi connectivity index (χ2n) is 4.89. The molecule has 0 unspecified atom stereocenters. The molecule has 1 saturated carbocycles. The van der Waals surface area contributed by atoms with Gasteiger partial charge in [0.15, 0.2) is 0 Å². The molecule has 2 nitrogen and oxygen atoms in total. The number of aliphatic imine (C=N–C) groups is 1. The van der Waals surface area contributed by atoms with Crippen molar-refractivity contribution in [2.75, 3.05) is 0 Å². The number of hydrogen-bond donors (Lipinski definition) is 1. The Morgan fingerprint density at radius 2 is 1.82 bits per heavy atom. The SMILES string of the molecule is CCc1ccc(N=C(N)C2CCCCC2)cc1. The highest BCUT2D eigenvalue weighted by Crippen LogP contribution is 2.25. The summed E-state index contributed by atoms with van der Waals surface area (Å²) in [6, 6.07) is 8.39. The molecule has 17 heavy (non-hydrogen) atoms. The lowest BCUT2D eigenvalue weighted by Gasteiger charge is -2.20. The fourth-order valence-corrected chi connectivity index (χ4v) is 2.44. The summed E-state index contributed by atoms with van der Waals surface area (Å²) in [5, 5.41) is 0. The lowest BCUT2D eigenvalue weighted by molar-refractivity contribution is 0.437. The van der Waals surface area contributed by atoms with E-state index in [1.807, 2.05) is 0 Å². The number of hydrogen-bond acceptors (Lipinski definition) is 1. The molecule has 2 N–H and O–H groups in total. The summed E-state index contributed by atoms with van der Waals surface area (Å²) < 4.78 is 0. The van der Waals surface area contributed by atoms with Gasteiger partial charge < -0.3 is 5.73 Å². The highest BCUT2D eigenvalue weighted by atomic mass is 14.9. The van der Waals surface area contributed by atoms with Gasteiger partial charge in [0, 0.05) is 5.92 Å². The van der Waals surface area contributed by atoms with E-state index in [0.29, 0.717) is 5.92 Å². The molecule has 92 valence electrons. The standard InChI is InChI=1S/C15H22N2/c1-2-12-8-10-14(11-9-12)17-15(16)13-6-4-3-5-7-13/h8-11,13H,2-7H2,1H3,(H2,16,17). The maximum absolute atomic E-state index is 6.10. The van der Waals surface area contributed by atoms with Gasteiger partial charge >= 0.3 is 0 Å². The van der Waals surface area contributed by atoms with Gasteiger partial charge in [-0.25, -0.2) is 4.99 Å². The van der Waals surface area contributed by atoms with Crippen LogP contribution in [0.5, 0.6) is 0 Å². The van der Waals surface area contributed by atoms with Crippen molar-refractivity contribution in [1.29, 1.82) is 0 Å². The highest BCUT2D eigenvalue weighted by Gasteiger charge is 2.16. The summed E-state index contributed by atoms with van der Waals surface area (Å²) in [7, 11) is 0. The Morgan fingerprint density at radius 1 is 1.18 bits per heavy atom. The Bertz CT molecular complexity index is 372. The zero-order valence-electron chi connectivity index (χ0n) is 10.7. The normalized spacial score (nSPS) is 18.3. The number of aryl methyl sites for hydroxylation is 1. The summed E-state index contributed by atoms with van der Waals surface area (Å²) in [5.74, 6) is 1.34. The van der Waals surface area contributed by atoms with E-state index in [4.69, 9.17) is 5.73 Å². The Morgan fingerprint density at radius 3 is 2.41 bits per heavy atom. The first-order valence-corrected chi connectivity index (χ1v) is 6.72. The smallest absolute Gasteiger partial charge is 0.103 e. The molecule has 1 aliphatic rings. The molecule has 1 fully saturated rings. The van der Waals surface area contributed by atoms with E-state index < -0.39 is 0 Å². The van der Waals surface area contributed by atoms with Crippen molar-refractivity contribution in [3.05, 3.63) is 29.8 Å². The van der Waals surface area contributed by atoms with Crippen molar-refractivity contribution < 1.29 is 0 Å². The molecule has 1 aromatic rings. The Kier molecular flexibility index (Phi) is 4.18. The van der Waals surface area contributed by atoms with Crippen LogP contribution in [0.1, 0.15) is 44.6 Å². The van der Waals surface area contributed by atoms with Crippen molar-refractivity contribution in [2.45, 2.75) is 45.4 Å². The monoisotopic (exact) mass is 230 g/mol. The molecule has 0 heterocycles. The average Bonchev–Trinajstić information content (AvgIpc) is 2.40. The predicted octanol–water partition coefficient (Wildman–Crippen LogP) is 3.82. The Labute approximate surface area is 104 Å². The van der Waals surface area contributed by atoms with E-state index in [2.05, 4.69) is 36.2 Å². The van der Waals surface area contributed by atoms with E-state index in [-0.39, 0.29) is 0 Å². The molecular formula is C15H22N2. The van der Waals surface area contributed by atoms with Crippen LogP contribution in [-0.4, -0.2) is 5.84 Å². The van der Waals surface area contributed by atoms with Crippen LogP contribution < -0.4 is 5.73 Å². The van der Waals surface area contributed by atoms with Crippen molar-refractivity contribution in [3.8, 4) is 0 Å².